The SMILES string of the molecule is COc1ccc(N2CCN(CCCCCCN3C(=O)c4cccc5cccc3c45)CC2)cc1. The summed E-state index contributed by atoms with van der Waals surface area (Å²) in [5.41, 5.74) is 3.23. The highest BCUT2D eigenvalue weighted by Gasteiger charge is 2.28. The molecule has 3 aromatic carbocycles. The van der Waals surface area contributed by atoms with E-state index in [-0.39, 0.29) is 5.91 Å². The Morgan fingerprint density at radius 1 is 0.788 bits per heavy atom. The summed E-state index contributed by atoms with van der Waals surface area (Å²) < 4.78 is 5.26. The predicted octanol–water partition coefficient (Wildman–Crippen LogP) is 5.19. The van der Waals surface area contributed by atoms with Crippen molar-refractivity contribution in [2.45, 2.75) is 25.7 Å². The molecule has 0 unspecified atom stereocenters. The summed E-state index contributed by atoms with van der Waals surface area (Å²) in [6.45, 7) is 6.38. The minimum atomic E-state index is 0.163. The van der Waals surface area contributed by atoms with Crippen molar-refractivity contribution in [2.24, 2.45) is 0 Å². The molecule has 0 aromatic heterocycles. The van der Waals surface area contributed by atoms with Crippen molar-refractivity contribution in [3.63, 3.8) is 0 Å². The normalized spacial score (nSPS) is 16.1. The van der Waals surface area contributed by atoms with Gasteiger partial charge in [-0.1, -0.05) is 37.1 Å². The molecule has 3 aromatic rings. The zero-order valence-electron chi connectivity index (χ0n) is 19.5. The molecule has 0 radical (unpaired) electrons. The summed E-state index contributed by atoms with van der Waals surface area (Å²) in [5, 5.41) is 2.28. The first-order chi connectivity index (χ1) is 16.2. The fraction of sp³-hybridized carbons (Fsp3) is 0.393. The van der Waals surface area contributed by atoms with Gasteiger partial charge in [-0.05, 0) is 61.2 Å². The Morgan fingerprint density at radius 2 is 1.48 bits per heavy atom. The van der Waals surface area contributed by atoms with E-state index >= 15 is 0 Å². The molecule has 33 heavy (non-hydrogen) atoms. The monoisotopic (exact) mass is 443 g/mol. The Bertz CT molecular complexity index is 1100. The molecule has 1 saturated heterocycles. The highest BCUT2D eigenvalue weighted by Crippen LogP contribution is 2.37. The van der Waals surface area contributed by atoms with Gasteiger partial charge in [0.1, 0.15) is 5.75 Å². The zero-order valence-corrected chi connectivity index (χ0v) is 19.5. The van der Waals surface area contributed by atoms with Crippen molar-refractivity contribution >= 4 is 28.1 Å². The summed E-state index contributed by atoms with van der Waals surface area (Å²) >= 11 is 0. The van der Waals surface area contributed by atoms with Crippen molar-refractivity contribution in [3.8, 4) is 5.75 Å². The second kappa shape index (κ2) is 9.84. The summed E-state index contributed by atoms with van der Waals surface area (Å²) in [6.07, 6.45) is 4.67. The van der Waals surface area contributed by atoms with E-state index in [0.29, 0.717) is 0 Å². The van der Waals surface area contributed by atoms with Crippen LogP contribution in [0, 0.1) is 0 Å². The number of amides is 1. The molecule has 5 heteroatoms. The largest absolute Gasteiger partial charge is 0.497 e. The van der Waals surface area contributed by atoms with Gasteiger partial charge < -0.3 is 14.5 Å². The summed E-state index contributed by atoms with van der Waals surface area (Å²) in [4.78, 5) is 19.9. The molecule has 5 rings (SSSR count). The summed E-state index contributed by atoms with van der Waals surface area (Å²) in [7, 11) is 1.71. The molecule has 1 amide bonds. The number of carbonyl (C=O) groups excluding carboxylic acids is 1. The topological polar surface area (TPSA) is 36.0 Å². The molecular weight excluding hydrogens is 410 g/mol. The fourth-order valence-electron chi connectivity index (χ4n) is 5.18. The molecule has 0 aliphatic carbocycles. The number of hydrogen-bond acceptors (Lipinski definition) is 4. The maximum absolute atomic E-state index is 12.9. The van der Waals surface area contributed by atoms with Crippen molar-refractivity contribution in [2.75, 3.05) is 56.2 Å². The van der Waals surface area contributed by atoms with Crippen molar-refractivity contribution in [1.29, 1.82) is 0 Å². The number of piperazine rings is 1. The molecule has 0 saturated carbocycles. The number of carbonyl (C=O) groups is 1. The van der Waals surface area contributed by atoms with Gasteiger partial charge in [0.05, 0.1) is 12.8 Å². The van der Waals surface area contributed by atoms with E-state index < -0.39 is 0 Å². The van der Waals surface area contributed by atoms with Gasteiger partial charge in [0.25, 0.3) is 5.91 Å². The number of methoxy groups -OCH3 is 1. The lowest BCUT2D eigenvalue weighted by Crippen LogP contribution is -2.46. The maximum atomic E-state index is 12.9. The zero-order chi connectivity index (χ0) is 22.6. The number of anilines is 2. The number of rotatable bonds is 9. The minimum absolute atomic E-state index is 0.163. The highest BCUT2D eigenvalue weighted by molar-refractivity contribution is 6.24. The van der Waals surface area contributed by atoms with E-state index in [2.05, 4.69) is 46.2 Å². The third-order valence-electron chi connectivity index (χ3n) is 7.06. The second-order valence-electron chi connectivity index (χ2n) is 9.08. The number of ether oxygens (including phenoxy) is 1. The third kappa shape index (κ3) is 4.55. The van der Waals surface area contributed by atoms with Crippen LogP contribution in [0.5, 0.6) is 5.75 Å². The molecule has 0 spiro atoms. The van der Waals surface area contributed by atoms with E-state index in [1.807, 2.05) is 29.2 Å². The van der Waals surface area contributed by atoms with Crippen LogP contribution in [0.3, 0.4) is 0 Å². The molecule has 5 nitrogen and oxygen atoms in total. The van der Waals surface area contributed by atoms with Crippen LogP contribution in [0.4, 0.5) is 11.4 Å². The smallest absolute Gasteiger partial charge is 0.258 e. The average Bonchev–Trinajstić information content (AvgIpc) is 3.14. The number of unbranched alkanes of at least 4 members (excludes halogenated alkanes) is 3. The van der Waals surface area contributed by atoms with Crippen molar-refractivity contribution in [3.05, 3.63) is 66.2 Å². The first-order valence-electron chi connectivity index (χ1n) is 12.2. The van der Waals surface area contributed by atoms with Crippen molar-refractivity contribution < 1.29 is 9.53 Å². The minimum Gasteiger partial charge on any atom is -0.497 e. The van der Waals surface area contributed by atoms with Crippen LogP contribution in [0.2, 0.25) is 0 Å². The van der Waals surface area contributed by atoms with Crippen LogP contribution < -0.4 is 14.5 Å². The maximum Gasteiger partial charge on any atom is 0.258 e. The van der Waals surface area contributed by atoms with Crippen LogP contribution in [0.15, 0.2) is 60.7 Å². The average molecular weight is 444 g/mol. The van der Waals surface area contributed by atoms with Crippen LogP contribution in [-0.4, -0.2) is 57.2 Å². The number of benzene rings is 3. The van der Waals surface area contributed by atoms with Gasteiger partial charge in [0.15, 0.2) is 0 Å². The molecular formula is C28H33N3O2. The lowest BCUT2D eigenvalue weighted by Gasteiger charge is -2.36. The van der Waals surface area contributed by atoms with Crippen LogP contribution >= 0.6 is 0 Å². The lowest BCUT2D eigenvalue weighted by molar-refractivity contribution is 0.0992. The number of nitrogens with zero attached hydrogens (tertiary/aromatic N) is 3. The molecule has 0 atom stereocenters. The van der Waals surface area contributed by atoms with E-state index in [9.17, 15) is 4.79 Å². The summed E-state index contributed by atoms with van der Waals surface area (Å²) in [5.74, 6) is 1.07. The van der Waals surface area contributed by atoms with Gasteiger partial charge in [-0.2, -0.15) is 0 Å². The molecule has 2 aliphatic heterocycles. The molecule has 2 heterocycles. The first kappa shape index (κ1) is 21.8. The second-order valence-corrected chi connectivity index (χ2v) is 9.08. The Kier molecular flexibility index (Phi) is 6.49. The Morgan fingerprint density at radius 3 is 2.21 bits per heavy atom. The van der Waals surface area contributed by atoms with Gasteiger partial charge in [-0.25, -0.2) is 0 Å². The van der Waals surface area contributed by atoms with Gasteiger partial charge in [-0.15, -0.1) is 0 Å². The van der Waals surface area contributed by atoms with E-state index in [1.165, 1.54) is 31.5 Å². The first-order valence-corrected chi connectivity index (χ1v) is 12.2. The van der Waals surface area contributed by atoms with Gasteiger partial charge in [0.2, 0.25) is 0 Å². The molecule has 1 fully saturated rings. The lowest BCUT2D eigenvalue weighted by atomic mass is 10.1. The Labute approximate surface area is 196 Å². The third-order valence-corrected chi connectivity index (χ3v) is 7.06. The van der Waals surface area contributed by atoms with E-state index in [0.717, 1.165) is 66.9 Å². The Hall–Kier alpha value is -3.05. The molecule has 0 bridgehead atoms. The molecule has 172 valence electrons. The quantitative estimate of drug-likeness (QED) is 0.427. The van der Waals surface area contributed by atoms with E-state index in [1.54, 1.807) is 7.11 Å². The van der Waals surface area contributed by atoms with Crippen LogP contribution in [-0.2, 0) is 0 Å². The Balaban J connectivity index is 1.01. The van der Waals surface area contributed by atoms with Crippen molar-refractivity contribution in [1.82, 2.24) is 4.90 Å². The molecule has 2 aliphatic rings. The van der Waals surface area contributed by atoms with Gasteiger partial charge in [0, 0.05) is 49.4 Å². The standard InChI is InChI=1S/C28H33N3O2/c1-33-24-14-12-23(13-15-24)30-20-18-29(19-21-30)16-4-2-3-5-17-31-26-11-7-9-22-8-6-10-25(27(22)26)28(31)32/h6-15H,2-5,16-21H2,1H3. The summed E-state index contributed by atoms with van der Waals surface area (Å²) in [6, 6.07) is 20.7. The van der Waals surface area contributed by atoms with Gasteiger partial charge >= 0.3 is 0 Å². The fourth-order valence-corrected chi connectivity index (χ4v) is 5.18. The molecule has 0 N–H and O–H groups in total. The van der Waals surface area contributed by atoms with Crippen LogP contribution in [0.25, 0.3) is 10.8 Å². The van der Waals surface area contributed by atoms with E-state index in [4.69, 9.17) is 4.74 Å². The number of hydrogen-bond donors (Lipinski definition) is 0. The van der Waals surface area contributed by atoms with Crippen LogP contribution in [0.1, 0.15) is 36.0 Å². The highest BCUT2D eigenvalue weighted by atomic mass is 16.5. The van der Waals surface area contributed by atoms with Gasteiger partial charge in [-0.3, -0.25) is 9.69 Å². The predicted molar refractivity (Wildman–Crippen MR) is 136 cm³/mol.